The van der Waals surface area contributed by atoms with Gasteiger partial charge in [0.15, 0.2) is 0 Å². The Hall–Kier alpha value is -2.62. The molecule has 0 aliphatic heterocycles. The number of rotatable bonds is 2. The number of aryl methyl sites for hydroxylation is 1. The van der Waals surface area contributed by atoms with E-state index in [0.29, 0.717) is 11.3 Å². The van der Waals surface area contributed by atoms with Gasteiger partial charge in [-0.3, -0.25) is 4.98 Å². The molecule has 0 aliphatic rings. The number of nitrogens with zero attached hydrogens (tertiary/aromatic N) is 1. The Kier molecular flexibility index (Phi) is 2.99. The van der Waals surface area contributed by atoms with Gasteiger partial charge in [-0.05, 0) is 48.9 Å². The molecule has 100 valence electrons. The number of nitrogens with one attached hydrogen (secondary N) is 1. The number of benzene rings is 2. The summed E-state index contributed by atoms with van der Waals surface area (Å²) < 4.78 is 13.3. The molecule has 3 nitrogen and oxygen atoms in total. The van der Waals surface area contributed by atoms with E-state index in [1.54, 1.807) is 31.5 Å². The summed E-state index contributed by atoms with van der Waals surface area (Å²) >= 11 is 0. The summed E-state index contributed by atoms with van der Waals surface area (Å²) in [5, 5.41) is 5.18. The number of halogens is 1. The van der Waals surface area contributed by atoms with Gasteiger partial charge in [-0.25, -0.2) is 4.39 Å². The number of nitrogen functional groups attached to an aromatic ring is 1. The van der Waals surface area contributed by atoms with Gasteiger partial charge in [0.1, 0.15) is 5.82 Å². The van der Waals surface area contributed by atoms with Crippen LogP contribution in [0.15, 0.2) is 48.8 Å². The second kappa shape index (κ2) is 4.81. The van der Waals surface area contributed by atoms with Gasteiger partial charge in [0.25, 0.3) is 0 Å². The molecule has 3 rings (SSSR count). The molecular formula is C16H14FN3. The van der Waals surface area contributed by atoms with Crippen molar-refractivity contribution in [1.29, 1.82) is 0 Å². The molecule has 3 aromatic rings. The number of aromatic nitrogens is 1. The van der Waals surface area contributed by atoms with Crippen LogP contribution in [0.25, 0.3) is 10.8 Å². The van der Waals surface area contributed by atoms with Gasteiger partial charge >= 0.3 is 0 Å². The highest BCUT2D eigenvalue weighted by molar-refractivity contribution is 6.01. The van der Waals surface area contributed by atoms with Crippen molar-refractivity contribution < 1.29 is 4.39 Å². The SMILES string of the molecule is Cc1cc(Nc2ccc(N)c3cnccc23)ccc1F. The first kappa shape index (κ1) is 12.4. The third-order valence-corrected chi connectivity index (χ3v) is 3.29. The molecule has 1 aromatic heterocycles. The first-order valence-electron chi connectivity index (χ1n) is 6.30. The Morgan fingerprint density at radius 2 is 1.95 bits per heavy atom. The molecule has 0 amide bonds. The smallest absolute Gasteiger partial charge is 0.126 e. The summed E-state index contributed by atoms with van der Waals surface area (Å²) in [7, 11) is 0. The Morgan fingerprint density at radius 1 is 1.10 bits per heavy atom. The Balaban J connectivity index is 2.06. The minimum Gasteiger partial charge on any atom is -0.398 e. The Bertz CT molecular complexity index is 784. The maximum absolute atomic E-state index is 13.3. The van der Waals surface area contributed by atoms with Crippen LogP contribution in [0.4, 0.5) is 21.5 Å². The van der Waals surface area contributed by atoms with E-state index < -0.39 is 0 Å². The zero-order valence-corrected chi connectivity index (χ0v) is 11.0. The van der Waals surface area contributed by atoms with Crippen molar-refractivity contribution in [3.05, 3.63) is 60.2 Å². The number of hydrogen-bond donors (Lipinski definition) is 2. The van der Waals surface area contributed by atoms with Crippen molar-refractivity contribution >= 4 is 27.8 Å². The van der Waals surface area contributed by atoms with E-state index in [-0.39, 0.29) is 5.82 Å². The van der Waals surface area contributed by atoms with Crippen LogP contribution in [0, 0.1) is 12.7 Å². The zero-order chi connectivity index (χ0) is 14.1. The van der Waals surface area contributed by atoms with Crippen molar-refractivity contribution in [2.75, 3.05) is 11.1 Å². The number of nitrogens with two attached hydrogens (primary N) is 1. The van der Waals surface area contributed by atoms with E-state index in [1.807, 2.05) is 18.2 Å². The van der Waals surface area contributed by atoms with Crippen molar-refractivity contribution in [2.24, 2.45) is 0 Å². The summed E-state index contributed by atoms with van der Waals surface area (Å²) in [5.74, 6) is -0.207. The zero-order valence-electron chi connectivity index (χ0n) is 11.0. The molecule has 0 bridgehead atoms. The van der Waals surface area contributed by atoms with Gasteiger partial charge in [0.2, 0.25) is 0 Å². The van der Waals surface area contributed by atoms with Crippen LogP contribution in [-0.4, -0.2) is 4.98 Å². The standard InChI is InChI=1S/C16H14FN3/c1-10-8-11(2-3-14(10)17)20-16-5-4-15(18)13-9-19-7-6-12(13)16/h2-9,20H,18H2,1H3. The Labute approximate surface area is 116 Å². The van der Waals surface area contributed by atoms with Crippen molar-refractivity contribution in [1.82, 2.24) is 4.98 Å². The third kappa shape index (κ3) is 2.16. The molecule has 2 aromatic carbocycles. The molecule has 0 aliphatic carbocycles. The lowest BCUT2D eigenvalue weighted by Crippen LogP contribution is -1.95. The monoisotopic (exact) mass is 267 g/mol. The highest BCUT2D eigenvalue weighted by atomic mass is 19.1. The number of pyridine rings is 1. The molecule has 20 heavy (non-hydrogen) atoms. The fourth-order valence-corrected chi connectivity index (χ4v) is 2.20. The number of fused-ring (bicyclic) bond motifs is 1. The van der Waals surface area contributed by atoms with Crippen molar-refractivity contribution in [3.8, 4) is 0 Å². The molecule has 0 radical (unpaired) electrons. The highest BCUT2D eigenvalue weighted by Crippen LogP contribution is 2.30. The second-order valence-electron chi connectivity index (χ2n) is 4.71. The maximum atomic E-state index is 13.3. The van der Waals surface area contributed by atoms with Crippen molar-refractivity contribution in [2.45, 2.75) is 6.92 Å². The Morgan fingerprint density at radius 3 is 2.75 bits per heavy atom. The van der Waals surface area contributed by atoms with Gasteiger partial charge in [-0.15, -0.1) is 0 Å². The predicted molar refractivity (Wildman–Crippen MR) is 80.6 cm³/mol. The van der Waals surface area contributed by atoms with Crippen LogP contribution in [0.3, 0.4) is 0 Å². The maximum Gasteiger partial charge on any atom is 0.126 e. The molecule has 3 N–H and O–H groups in total. The largest absolute Gasteiger partial charge is 0.398 e. The number of anilines is 3. The molecule has 0 unspecified atom stereocenters. The van der Waals surface area contributed by atoms with Gasteiger partial charge in [-0.1, -0.05) is 0 Å². The molecular weight excluding hydrogens is 253 g/mol. The molecule has 0 saturated heterocycles. The highest BCUT2D eigenvalue weighted by Gasteiger charge is 2.05. The minimum atomic E-state index is -0.207. The fourth-order valence-electron chi connectivity index (χ4n) is 2.20. The quantitative estimate of drug-likeness (QED) is 0.690. The van der Waals surface area contributed by atoms with Gasteiger partial charge in [-0.2, -0.15) is 0 Å². The summed E-state index contributed by atoms with van der Waals surface area (Å²) in [6, 6.07) is 10.6. The van der Waals surface area contributed by atoms with Crippen LogP contribution >= 0.6 is 0 Å². The van der Waals surface area contributed by atoms with E-state index in [4.69, 9.17) is 5.73 Å². The van der Waals surface area contributed by atoms with E-state index in [1.165, 1.54) is 6.07 Å². The average molecular weight is 267 g/mol. The van der Waals surface area contributed by atoms with Gasteiger partial charge < -0.3 is 11.1 Å². The molecule has 4 heteroatoms. The topological polar surface area (TPSA) is 50.9 Å². The lowest BCUT2D eigenvalue weighted by molar-refractivity contribution is 0.619. The average Bonchev–Trinajstić information content (AvgIpc) is 2.46. The lowest BCUT2D eigenvalue weighted by Gasteiger charge is -2.12. The predicted octanol–water partition coefficient (Wildman–Crippen LogP) is 4.01. The first-order chi connectivity index (χ1) is 9.65. The first-order valence-corrected chi connectivity index (χ1v) is 6.30. The van der Waals surface area contributed by atoms with E-state index in [0.717, 1.165) is 22.1 Å². The van der Waals surface area contributed by atoms with E-state index >= 15 is 0 Å². The molecule has 1 heterocycles. The van der Waals surface area contributed by atoms with Crippen LogP contribution in [0.1, 0.15) is 5.56 Å². The van der Waals surface area contributed by atoms with Crippen LogP contribution in [-0.2, 0) is 0 Å². The summed E-state index contributed by atoms with van der Waals surface area (Å²) in [6.45, 7) is 1.74. The summed E-state index contributed by atoms with van der Waals surface area (Å²) in [5.41, 5.74) is 9.00. The number of hydrogen-bond acceptors (Lipinski definition) is 3. The summed E-state index contributed by atoms with van der Waals surface area (Å²) in [6.07, 6.45) is 3.47. The van der Waals surface area contributed by atoms with E-state index in [2.05, 4.69) is 10.3 Å². The van der Waals surface area contributed by atoms with Crippen LogP contribution in [0.2, 0.25) is 0 Å². The normalized spacial score (nSPS) is 10.7. The minimum absolute atomic E-state index is 0.207. The van der Waals surface area contributed by atoms with Crippen LogP contribution < -0.4 is 11.1 Å². The molecule has 0 spiro atoms. The second-order valence-corrected chi connectivity index (χ2v) is 4.71. The molecule has 0 atom stereocenters. The molecule has 0 saturated carbocycles. The van der Waals surface area contributed by atoms with E-state index in [9.17, 15) is 4.39 Å². The molecule has 0 fully saturated rings. The summed E-state index contributed by atoms with van der Waals surface area (Å²) in [4.78, 5) is 4.09. The fraction of sp³-hybridized carbons (Fsp3) is 0.0625. The van der Waals surface area contributed by atoms with Crippen LogP contribution in [0.5, 0.6) is 0 Å². The van der Waals surface area contributed by atoms with Crippen molar-refractivity contribution in [3.63, 3.8) is 0 Å². The van der Waals surface area contributed by atoms with Gasteiger partial charge in [0, 0.05) is 40.2 Å². The lowest BCUT2D eigenvalue weighted by atomic mass is 10.1. The van der Waals surface area contributed by atoms with Gasteiger partial charge in [0.05, 0.1) is 0 Å². The third-order valence-electron chi connectivity index (χ3n) is 3.29.